The Morgan fingerprint density at radius 1 is 1.47 bits per heavy atom. The van der Waals surface area contributed by atoms with E-state index in [9.17, 15) is 4.79 Å². The molecule has 0 aromatic heterocycles. The van der Waals surface area contributed by atoms with Gasteiger partial charge < -0.3 is 9.64 Å². The third kappa shape index (κ3) is 2.46. The van der Waals surface area contributed by atoms with E-state index in [1.165, 1.54) is 11.3 Å². The number of hydrogen-bond acceptors (Lipinski definition) is 3. The van der Waals surface area contributed by atoms with E-state index in [2.05, 4.69) is 32.7 Å². The van der Waals surface area contributed by atoms with Crippen molar-refractivity contribution in [3.05, 3.63) is 29.3 Å². The van der Waals surface area contributed by atoms with Crippen molar-refractivity contribution in [3.8, 4) is 0 Å². The molecule has 1 aliphatic rings. The van der Waals surface area contributed by atoms with E-state index in [-0.39, 0.29) is 11.5 Å². The number of fused-ring (bicyclic) bond motifs is 1. The lowest BCUT2D eigenvalue weighted by molar-refractivity contribution is 0.0526. The van der Waals surface area contributed by atoms with Crippen LogP contribution < -0.4 is 4.90 Å². The number of esters is 1. The maximum Gasteiger partial charge on any atom is 0.338 e. The Kier molecular flexibility index (Phi) is 3.57. The van der Waals surface area contributed by atoms with Crippen LogP contribution in [0.1, 0.15) is 56.0 Å². The monoisotopic (exact) mass is 261 g/mol. The molecule has 0 fully saturated rings. The Hall–Kier alpha value is -1.51. The first-order chi connectivity index (χ1) is 8.86. The normalized spacial score (nSPS) is 20.9. The van der Waals surface area contributed by atoms with Crippen molar-refractivity contribution in [1.29, 1.82) is 0 Å². The summed E-state index contributed by atoms with van der Waals surface area (Å²) in [7, 11) is 2.12. The first kappa shape index (κ1) is 13.9. The zero-order valence-electron chi connectivity index (χ0n) is 12.5. The maximum atomic E-state index is 11.8. The fraction of sp³-hybridized carbons (Fsp3) is 0.562. The molecule has 1 heterocycles. The first-order valence-corrected chi connectivity index (χ1v) is 6.91. The molecule has 0 saturated heterocycles. The fourth-order valence-corrected chi connectivity index (χ4v) is 2.92. The van der Waals surface area contributed by atoms with Crippen LogP contribution in [0.15, 0.2) is 18.2 Å². The number of nitrogens with zero attached hydrogens (tertiary/aromatic N) is 1. The van der Waals surface area contributed by atoms with Gasteiger partial charge in [-0.3, -0.25) is 0 Å². The lowest BCUT2D eigenvalue weighted by Crippen LogP contribution is -2.45. The molecule has 0 saturated carbocycles. The van der Waals surface area contributed by atoms with E-state index in [1.54, 1.807) is 0 Å². The van der Waals surface area contributed by atoms with Crippen molar-refractivity contribution in [2.45, 2.75) is 45.6 Å². The van der Waals surface area contributed by atoms with E-state index in [0.29, 0.717) is 18.1 Å². The molecular weight excluding hydrogens is 238 g/mol. The summed E-state index contributed by atoms with van der Waals surface area (Å²) in [6, 6.07) is 5.89. The zero-order chi connectivity index (χ0) is 14.2. The summed E-state index contributed by atoms with van der Waals surface area (Å²) in [4.78, 5) is 14.1. The number of ether oxygens (including phenoxy) is 1. The summed E-state index contributed by atoms with van der Waals surface area (Å²) in [5.41, 5.74) is 3.27. The minimum Gasteiger partial charge on any atom is -0.462 e. The molecule has 1 atom stereocenters. The largest absolute Gasteiger partial charge is 0.462 e. The van der Waals surface area contributed by atoms with Gasteiger partial charge in [0.2, 0.25) is 0 Å². The molecule has 1 aliphatic heterocycles. The molecule has 0 spiro atoms. The maximum absolute atomic E-state index is 11.8. The molecule has 3 heteroatoms. The highest BCUT2D eigenvalue weighted by Crippen LogP contribution is 2.42. The molecule has 1 aromatic rings. The molecule has 0 aliphatic carbocycles. The average molecular weight is 261 g/mol. The van der Waals surface area contributed by atoms with E-state index in [4.69, 9.17) is 4.74 Å². The van der Waals surface area contributed by atoms with Gasteiger partial charge in [-0.1, -0.05) is 6.92 Å². The van der Waals surface area contributed by atoms with Crippen LogP contribution in [0.5, 0.6) is 0 Å². The van der Waals surface area contributed by atoms with Crippen LogP contribution in [-0.2, 0) is 4.74 Å². The van der Waals surface area contributed by atoms with Crippen LogP contribution in [0.25, 0.3) is 0 Å². The number of rotatable bonds is 2. The zero-order valence-corrected chi connectivity index (χ0v) is 12.5. The van der Waals surface area contributed by atoms with Gasteiger partial charge in [-0.15, -0.1) is 0 Å². The van der Waals surface area contributed by atoms with Crippen molar-refractivity contribution < 1.29 is 9.53 Å². The van der Waals surface area contributed by atoms with Crippen LogP contribution in [0.2, 0.25) is 0 Å². The minimum atomic E-state index is -0.231. The van der Waals surface area contributed by atoms with E-state index in [0.717, 1.165) is 6.42 Å². The quantitative estimate of drug-likeness (QED) is 0.762. The second-order valence-corrected chi connectivity index (χ2v) is 5.97. The van der Waals surface area contributed by atoms with Crippen LogP contribution in [-0.4, -0.2) is 25.2 Å². The van der Waals surface area contributed by atoms with Gasteiger partial charge in [0.05, 0.1) is 12.2 Å². The summed E-state index contributed by atoms with van der Waals surface area (Å²) >= 11 is 0. The number of anilines is 1. The lowest BCUT2D eigenvalue weighted by atomic mass is 9.80. The van der Waals surface area contributed by atoms with Gasteiger partial charge >= 0.3 is 5.97 Å². The topological polar surface area (TPSA) is 29.5 Å². The molecule has 0 radical (unpaired) electrons. The number of benzene rings is 1. The van der Waals surface area contributed by atoms with Gasteiger partial charge in [0, 0.05) is 18.3 Å². The summed E-state index contributed by atoms with van der Waals surface area (Å²) in [6.45, 7) is 8.98. The van der Waals surface area contributed by atoms with Crippen LogP contribution in [0, 0.1) is 0 Å². The van der Waals surface area contributed by atoms with Crippen LogP contribution >= 0.6 is 0 Å². The van der Waals surface area contributed by atoms with Gasteiger partial charge in [-0.2, -0.15) is 0 Å². The SMILES string of the molecule is CCOC(=O)c1ccc2c(c1)C(C)CC(C)(C)N2C. The van der Waals surface area contributed by atoms with E-state index < -0.39 is 0 Å². The summed E-state index contributed by atoms with van der Waals surface area (Å²) < 4.78 is 5.07. The summed E-state index contributed by atoms with van der Waals surface area (Å²) in [5, 5.41) is 0. The number of hydrogen-bond donors (Lipinski definition) is 0. The third-order valence-corrected chi connectivity index (χ3v) is 4.14. The molecule has 104 valence electrons. The molecule has 2 rings (SSSR count). The number of carbonyl (C=O) groups is 1. The molecule has 0 amide bonds. The highest BCUT2D eigenvalue weighted by atomic mass is 16.5. The first-order valence-electron chi connectivity index (χ1n) is 6.91. The van der Waals surface area contributed by atoms with Crippen LogP contribution in [0.4, 0.5) is 5.69 Å². The standard InChI is InChI=1S/C16H23NO2/c1-6-19-15(18)12-7-8-14-13(9-12)11(2)10-16(3,4)17(14)5/h7-9,11H,6,10H2,1-5H3. The van der Waals surface area contributed by atoms with E-state index >= 15 is 0 Å². The minimum absolute atomic E-state index is 0.151. The molecule has 3 nitrogen and oxygen atoms in total. The molecular formula is C16H23NO2. The Balaban J connectivity index is 2.41. The van der Waals surface area contributed by atoms with Crippen molar-refractivity contribution in [1.82, 2.24) is 0 Å². The predicted molar refractivity (Wildman–Crippen MR) is 77.9 cm³/mol. The Morgan fingerprint density at radius 3 is 2.79 bits per heavy atom. The van der Waals surface area contributed by atoms with Crippen molar-refractivity contribution in [3.63, 3.8) is 0 Å². The molecule has 0 N–H and O–H groups in total. The predicted octanol–water partition coefficient (Wildman–Crippen LogP) is 3.59. The summed E-state index contributed by atoms with van der Waals surface area (Å²) in [6.07, 6.45) is 1.09. The van der Waals surface area contributed by atoms with Gasteiger partial charge in [0.1, 0.15) is 0 Å². The molecule has 1 aromatic carbocycles. The van der Waals surface area contributed by atoms with E-state index in [1.807, 2.05) is 25.1 Å². The van der Waals surface area contributed by atoms with Crippen molar-refractivity contribution in [2.75, 3.05) is 18.6 Å². The molecule has 19 heavy (non-hydrogen) atoms. The van der Waals surface area contributed by atoms with Gasteiger partial charge in [0.25, 0.3) is 0 Å². The average Bonchev–Trinajstić information content (AvgIpc) is 2.35. The summed E-state index contributed by atoms with van der Waals surface area (Å²) in [5.74, 6) is 0.223. The highest BCUT2D eigenvalue weighted by molar-refractivity contribution is 5.90. The fourth-order valence-electron chi connectivity index (χ4n) is 2.92. The Labute approximate surface area is 115 Å². The van der Waals surface area contributed by atoms with Gasteiger partial charge in [-0.05, 0) is 56.9 Å². The second kappa shape index (κ2) is 4.87. The van der Waals surface area contributed by atoms with Crippen LogP contribution in [0.3, 0.4) is 0 Å². The van der Waals surface area contributed by atoms with Gasteiger partial charge in [-0.25, -0.2) is 4.79 Å². The lowest BCUT2D eigenvalue weighted by Gasteiger charge is -2.45. The van der Waals surface area contributed by atoms with Crippen molar-refractivity contribution >= 4 is 11.7 Å². The highest BCUT2D eigenvalue weighted by Gasteiger charge is 2.34. The number of carbonyl (C=O) groups excluding carboxylic acids is 1. The Morgan fingerprint density at radius 2 is 2.16 bits per heavy atom. The molecule has 0 bridgehead atoms. The Bertz CT molecular complexity index is 494. The van der Waals surface area contributed by atoms with Gasteiger partial charge in [0.15, 0.2) is 0 Å². The smallest absolute Gasteiger partial charge is 0.338 e. The van der Waals surface area contributed by atoms with Crippen molar-refractivity contribution in [2.24, 2.45) is 0 Å². The molecule has 1 unspecified atom stereocenters. The third-order valence-electron chi connectivity index (χ3n) is 4.14. The second-order valence-electron chi connectivity index (χ2n) is 5.97.